The number of unbranched alkanes of at least 4 members (excludes halogenated alkanes) is 16. The maximum Gasteiger partial charge on any atom is -0.0351 e. The van der Waals surface area contributed by atoms with Crippen LogP contribution in [0.1, 0.15) is 129 Å². The lowest BCUT2D eigenvalue weighted by Crippen LogP contribution is -1.83. The Balaban J connectivity index is 2.95. The van der Waals surface area contributed by atoms with Crippen LogP contribution in [0, 0.1) is 0 Å². The van der Waals surface area contributed by atoms with E-state index in [4.69, 9.17) is 0 Å². The van der Waals surface area contributed by atoms with Gasteiger partial charge in [-0.1, -0.05) is 122 Å². The third kappa shape index (κ3) is 19.7. The summed E-state index contributed by atoms with van der Waals surface area (Å²) in [5.74, 6) is 0. The van der Waals surface area contributed by atoms with Crippen molar-refractivity contribution in [1.29, 1.82) is 0 Å². The summed E-state index contributed by atoms with van der Waals surface area (Å²) in [4.78, 5) is 0. The van der Waals surface area contributed by atoms with Crippen LogP contribution < -0.4 is 0 Å². The van der Waals surface area contributed by atoms with Gasteiger partial charge in [0.1, 0.15) is 0 Å². The van der Waals surface area contributed by atoms with E-state index >= 15 is 0 Å². The molecule has 0 aliphatic carbocycles. The van der Waals surface area contributed by atoms with Crippen LogP contribution in [0.4, 0.5) is 0 Å². The van der Waals surface area contributed by atoms with Crippen molar-refractivity contribution >= 4 is 0 Å². The normalized spacial score (nSPS) is 11.5. The monoisotopic (exact) mass is 308 g/mol. The van der Waals surface area contributed by atoms with Crippen LogP contribution in [-0.2, 0) is 0 Å². The standard InChI is InChI=1S/C22H44/c1-3-5-7-9-11-13-15-17-19-21-22-20-18-16-14-12-10-8-6-4-2/h5,7H,3-4,6,8-22H2,1-2H3/b7-5+. The van der Waals surface area contributed by atoms with Crippen molar-refractivity contribution in [2.75, 3.05) is 0 Å². The Morgan fingerprint density at radius 2 is 0.773 bits per heavy atom. The summed E-state index contributed by atoms with van der Waals surface area (Å²) in [5.41, 5.74) is 0. The molecule has 132 valence electrons. The number of allylic oxidation sites excluding steroid dienone is 2. The largest absolute Gasteiger partial charge is 0.0888 e. The number of hydrogen-bond donors (Lipinski definition) is 0. The summed E-state index contributed by atoms with van der Waals surface area (Å²) < 4.78 is 0. The van der Waals surface area contributed by atoms with Crippen LogP contribution in [0.2, 0.25) is 0 Å². The maximum absolute atomic E-state index is 2.35. The molecule has 0 fully saturated rings. The van der Waals surface area contributed by atoms with E-state index in [9.17, 15) is 0 Å². The van der Waals surface area contributed by atoms with E-state index in [2.05, 4.69) is 26.0 Å². The quantitative estimate of drug-likeness (QED) is 0.176. The Bertz CT molecular complexity index is 204. The molecule has 0 aromatic carbocycles. The molecule has 0 saturated heterocycles. The highest BCUT2D eigenvalue weighted by Crippen LogP contribution is 2.14. The van der Waals surface area contributed by atoms with Crippen molar-refractivity contribution in [3.63, 3.8) is 0 Å². The minimum atomic E-state index is 1.19. The first-order chi connectivity index (χ1) is 10.9. The number of hydrogen-bond acceptors (Lipinski definition) is 0. The van der Waals surface area contributed by atoms with Crippen LogP contribution in [-0.4, -0.2) is 0 Å². The molecule has 0 unspecified atom stereocenters. The van der Waals surface area contributed by atoms with Crippen LogP contribution in [0.5, 0.6) is 0 Å². The van der Waals surface area contributed by atoms with Gasteiger partial charge in [-0.25, -0.2) is 0 Å². The number of rotatable bonds is 18. The Kier molecular flexibility index (Phi) is 20.5. The summed E-state index contributed by atoms with van der Waals surface area (Å²) in [6.45, 7) is 4.51. The third-order valence-electron chi connectivity index (χ3n) is 4.63. The first-order valence-corrected chi connectivity index (χ1v) is 10.6. The third-order valence-corrected chi connectivity index (χ3v) is 4.63. The second-order valence-corrected chi connectivity index (χ2v) is 6.97. The summed E-state index contributed by atoms with van der Waals surface area (Å²) in [5, 5.41) is 0. The Hall–Kier alpha value is -0.260. The fourth-order valence-electron chi connectivity index (χ4n) is 3.09. The second-order valence-electron chi connectivity index (χ2n) is 6.97. The van der Waals surface area contributed by atoms with E-state index in [1.54, 1.807) is 0 Å². The molecule has 0 atom stereocenters. The minimum absolute atomic E-state index is 1.19. The van der Waals surface area contributed by atoms with E-state index in [0.717, 1.165) is 0 Å². The van der Waals surface area contributed by atoms with Crippen LogP contribution >= 0.6 is 0 Å². The average Bonchev–Trinajstić information content (AvgIpc) is 2.54. The van der Waals surface area contributed by atoms with E-state index in [0.29, 0.717) is 0 Å². The Labute approximate surface area is 142 Å². The summed E-state index contributed by atoms with van der Waals surface area (Å²) in [7, 11) is 0. The highest BCUT2D eigenvalue weighted by atomic mass is 14.0. The zero-order chi connectivity index (χ0) is 16.1. The average molecular weight is 309 g/mol. The van der Waals surface area contributed by atoms with E-state index in [1.807, 2.05) is 0 Å². The first-order valence-electron chi connectivity index (χ1n) is 10.6. The van der Waals surface area contributed by atoms with Gasteiger partial charge in [-0.05, 0) is 19.3 Å². The van der Waals surface area contributed by atoms with Crippen LogP contribution in [0.15, 0.2) is 12.2 Å². The van der Waals surface area contributed by atoms with E-state index in [1.165, 1.54) is 116 Å². The molecule has 0 nitrogen and oxygen atoms in total. The van der Waals surface area contributed by atoms with Crippen molar-refractivity contribution in [3.05, 3.63) is 12.2 Å². The van der Waals surface area contributed by atoms with Gasteiger partial charge in [0.05, 0.1) is 0 Å². The molecule has 0 saturated carbocycles. The molecule has 0 spiro atoms. The summed E-state index contributed by atoms with van der Waals surface area (Å²) >= 11 is 0. The van der Waals surface area contributed by atoms with E-state index < -0.39 is 0 Å². The zero-order valence-electron chi connectivity index (χ0n) is 15.9. The molecule has 0 aromatic heterocycles. The van der Waals surface area contributed by atoms with Gasteiger partial charge in [0.2, 0.25) is 0 Å². The molecule has 0 heterocycles. The fraction of sp³-hybridized carbons (Fsp3) is 0.909. The minimum Gasteiger partial charge on any atom is -0.0888 e. The Morgan fingerprint density at radius 3 is 1.14 bits per heavy atom. The van der Waals surface area contributed by atoms with Crippen molar-refractivity contribution in [2.45, 2.75) is 129 Å². The fourth-order valence-corrected chi connectivity index (χ4v) is 3.09. The van der Waals surface area contributed by atoms with Gasteiger partial charge < -0.3 is 0 Å². The first kappa shape index (κ1) is 21.7. The van der Waals surface area contributed by atoms with Crippen molar-refractivity contribution in [3.8, 4) is 0 Å². The van der Waals surface area contributed by atoms with Gasteiger partial charge >= 0.3 is 0 Å². The predicted molar refractivity (Wildman–Crippen MR) is 104 cm³/mol. The molecule has 0 N–H and O–H groups in total. The second kappa shape index (κ2) is 20.7. The van der Waals surface area contributed by atoms with Crippen molar-refractivity contribution < 1.29 is 0 Å². The lowest BCUT2D eigenvalue weighted by molar-refractivity contribution is 0.530. The summed E-state index contributed by atoms with van der Waals surface area (Å²) in [6.07, 6.45) is 30.5. The van der Waals surface area contributed by atoms with Crippen molar-refractivity contribution in [1.82, 2.24) is 0 Å². The highest BCUT2D eigenvalue weighted by molar-refractivity contribution is 4.79. The molecule has 22 heavy (non-hydrogen) atoms. The molecule has 0 heteroatoms. The van der Waals surface area contributed by atoms with Gasteiger partial charge in [0.25, 0.3) is 0 Å². The van der Waals surface area contributed by atoms with Gasteiger partial charge in [0, 0.05) is 0 Å². The molecule has 0 radical (unpaired) electrons. The van der Waals surface area contributed by atoms with Crippen LogP contribution in [0.3, 0.4) is 0 Å². The summed E-state index contributed by atoms with van der Waals surface area (Å²) in [6, 6.07) is 0. The molecule has 0 rings (SSSR count). The predicted octanol–water partition coefficient (Wildman–Crippen LogP) is 8.60. The molecular weight excluding hydrogens is 264 g/mol. The molecular formula is C22H44. The van der Waals surface area contributed by atoms with Crippen molar-refractivity contribution in [2.24, 2.45) is 0 Å². The lowest BCUT2D eigenvalue weighted by atomic mass is 10.0. The maximum atomic E-state index is 2.35. The molecule has 0 amide bonds. The molecule has 0 aromatic rings. The molecule has 0 aliphatic rings. The zero-order valence-corrected chi connectivity index (χ0v) is 15.9. The van der Waals surface area contributed by atoms with Gasteiger partial charge in [-0.2, -0.15) is 0 Å². The van der Waals surface area contributed by atoms with Gasteiger partial charge in [-0.15, -0.1) is 0 Å². The van der Waals surface area contributed by atoms with Gasteiger partial charge in [-0.3, -0.25) is 0 Å². The lowest BCUT2D eigenvalue weighted by Gasteiger charge is -2.03. The van der Waals surface area contributed by atoms with E-state index in [-0.39, 0.29) is 0 Å². The topological polar surface area (TPSA) is 0 Å². The SMILES string of the molecule is CC/C=C/CCCCCCCCCCCCCCCCCC. The van der Waals surface area contributed by atoms with Gasteiger partial charge in [0.15, 0.2) is 0 Å². The van der Waals surface area contributed by atoms with Crippen LogP contribution in [0.25, 0.3) is 0 Å². The highest BCUT2D eigenvalue weighted by Gasteiger charge is 1.94. The Morgan fingerprint density at radius 1 is 0.409 bits per heavy atom. The smallest absolute Gasteiger partial charge is 0.0351 e. The molecule has 0 bridgehead atoms. The molecule has 0 aliphatic heterocycles.